The molecule has 0 atom stereocenters. The topological polar surface area (TPSA) is 49.4 Å². The van der Waals surface area contributed by atoms with Gasteiger partial charge in [-0.1, -0.05) is 0 Å². The molecule has 0 spiro atoms. The summed E-state index contributed by atoms with van der Waals surface area (Å²) in [6.07, 6.45) is -6.92. The van der Waals surface area contributed by atoms with Crippen molar-refractivity contribution in [2.24, 2.45) is 0 Å². The second kappa shape index (κ2) is 8.29. The van der Waals surface area contributed by atoms with Crippen molar-refractivity contribution < 1.29 is 80.6 Å². The first-order valence-corrected chi connectivity index (χ1v) is 9.09. The molecule has 0 aromatic carbocycles. The Morgan fingerprint density at radius 3 is 1.42 bits per heavy atom. The summed E-state index contributed by atoms with van der Waals surface area (Å²) in [6.45, 7) is 1.06. The van der Waals surface area contributed by atoms with Gasteiger partial charge in [0.2, 0.25) is 0 Å². The summed E-state index contributed by atoms with van der Waals surface area (Å²) in [6, 6.07) is 0. The lowest BCUT2D eigenvalue weighted by molar-refractivity contribution is -0.453. The van der Waals surface area contributed by atoms with Crippen LogP contribution in [0.1, 0.15) is 27.7 Å². The van der Waals surface area contributed by atoms with Crippen molar-refractivity contribution in [2.45, 2.75) is 80.5 Å². The zero-order valence-electron chi connectivity index (χ0n) is 18.1. The van der Waals surface area contributed by atoms with Crippen LogP contribution >= 0.6 is 0 Å². The second-order valence-electron chi connectivity index (χ2n) is 8.72. The van der Waals surface area contributed by atoms with E-state index in [1.54, 1.807) is 0 Å². The molecule has 1 heterocycles. The summed E-state index contributed by atoms with van der Waals surface area (Å²) in [5.74, 6) is -49.7. The SMILES string of the molecule is CC1(C)C=C(C(=O)OCC(F)(F)C(F)(F)C(F)(F)C(F)(F)C(F)(F)C(F)(F)C(F)(F)F)C(C)(C)N1[O]. The van der Waals surface area contributed by atoms with Crippen molar-refractivity contribution in [1.29, 1.82) is 0 Å². The fourth-order valence-corrected chi connectivity index (χ4v) is 3.05. The van der Waals surface area contributed by atoms with E-state index in [9.17, 15) is 75.9 Å². The summed E-state index contributed by atoms with van der Waals surface area (Å²) in [5, 5.41) is 12.3. The zero-order chi connectivity index (χ0) is 29.4. The minimum atomic E-state index is -8.43. The molecule has 1 aliphatic heterocycles. The Hall–Kier alpha value is -1.92. The number of hydroxylamine groups is 2. The number of esters is 1. The van der Waals surface area contributed by atoms with Gasteiger partial charge in [0, 0.05) is 0 Å². The highest BCUT2D eigenvalue weighted by Crippen LogP contribution is 2.62. The van der Waals surface area contributed by atoms with Gasteiger partial charge < -0.3 is 4.74 Å². The van der Waals surface area contributed by atoms with Crippen molar-refractivity contribution in [3.05, 3.63) is 11.6 Å². The van der Waals surface area contributed by atoms with E-state index < -0.39 is 70.9 Å². The average molecular weight is 566 g/mol. The molecule has 1 radical (unpaired) electrons. The normalized spacial score (nSPS) is 20.4. The Morgan fingerprint density at radius 1 is 0.722 bits per heavy atom. The molecule has 0 aromatic heterocycles. The van der Waals surface area contributed by atoms with Crippen LogP contribution in [0.5, 0.6) is 0 Å². The quantitative estimate of drug-likeness (QED) is 0.266. The van der Waals surface area contributed by atoms with Crippen LogP contribution in [0.2, 0.25) is 0 Å². The Bertz CT molecular complexity index is 905. The predicted molar refractivity (Wildman–Crippen MR) is 85.5 cm³/mol. The predicted octanol–water partition coefficient (Wildman–Crippen LogP) is 6.05. The molecule has 0 saturated carbocycles. The third kappa shape index (κ3) is 4.28. The number of rotatable bonds is 8. The van der Waals surface area contributed by atoms with Gasteiger partial charge in [0.25, 0.3) is 0 Å². The molecule has 0 bridgehead atoms. The van der Waals surface area contributed by atoms with E-state index in [2.05, 4.69) is 4.74 Å². The minimum Gasteiger partial charge on any atom is -0.456 e. The molecule has 0 unspecified atom stereocenters. The monoisotopic (exact) mass is 566 g/mol. The molecule has 0 aliphatic carbocycles. The van der Waals surface area contributed by atoms with E-state index in [0.29, 0.717) is 0 Å². The molecule has 211 valence electrons. The number of nitrogens with zero attached hydrogens (tertiary/aromatic N) is 1. The smallest absolute Gasteiger partial charge is 0.456 e. The van der Waals surface area contributed by atoms with Crippen LogP contribution in [0.4, 0.5) is 65.9 Å². The number of halogens is 15. The molecule has 0 fully saturated rings. The van der Waals surface area contributed by atoms with Crippen molar-refractivity contribution in [2.75, 3.05) is 6.61 Å². The van der Waals surface area contributed by atoms with Gasteiger partial charge >= 0.3 is 47.7 Å². The number of hydrogen-bond acceptors (Lipinski definition) is 3. The molecule has 0 aromatic rings. The van der Waals surface area contributed by atoms with Gasteiger partial charge in [0.05, 0.1) is 16.7 Å². The van der Waals surface area contributed by atoms with Gasteiger partial charge in [-0.2, -0.15) is 65.9 Å². The molecule has 0 N–H and O–H groups in total. The summed E-state index contributed by atoms with van der Waals surface area (Å²) in [4.78, 5) is 12.0. The highest BCUT2D eigenvalue weighted by atomic mass is 19.4. The lowest BCUT2D eigenvalue weighted by Crippen LogP contribution is -2.73. The Morgan fingerprint density at radius 2 is 1.08 bits per heavy atom. The lowest BCUT2D eigenvalue weighted by atomic mass is 9.91. The molecule has 36 heavy (non-hydrogen) atoms. The van der Waals surface area contributed by atoms with Crippen LogP contribution in [-0.4, -0.2) is 70.4 Å². The van der Waals surface area contributed by atoms with Gasteiger partial charge in [-0.05, 0) is 33.8 Å². The average Bonchev–Trinajstić information content (AvgIpc) is 2.83. The third-order valence-corrected chi connectivity index (χ3v) is 5.19. The first-order chi connectivity index (χ1) is 15.4. The molecule has 0 saturated heterocycles. The zero-order valence-corrected chi connectivity index (χ0v) is 18.1. The molecule has 19 heteroatoms. The van der Waals surface area contributed by atoms with Crippen molar-refractivity contribution in [1.82, 2.24) is 5.06 Å². The minimum absolute atomic E-state index is 0.195. The number of carbonyl (C=O) groups is 1. The summed E-state index contributed by atoms with van der Waals surface area (Å²) < 4.78 is 201. The highest BCUT2D eigenvalue weighted by molar-refractivity contribution is 5.92. The first kappa shape index (κ1) is 32.1. The molecule has 1 aliphatic rings. The Labute approximate surface area is 191 Å². The van der Waals surface area contributed by atoms with E-state index in [1.165, 1.54) is 13.8 Å². The standard InChI is InChI=1S/C17H15F15NO3/c1-9(2)5-7(10(3,4)33(9)35)8(34)36-6-11(18,19)12(20,21)13(22,23)14(24,25)15(26,27)16(28,29)17(30,31)32/h5H,6H2,1-4H3. The summed E-state index contributed by atoms with van der Waals surface area (Å²) in [5.41, 5.74) is -4.25. The van der Waals surface area contributed by atoms with Crippen LogP contribution < -0.4 is 0 Å². The highest BCUT2D eigenvalue weighted by Gasteiger charge is 2.93. The number of hydrogen-bond donors (Lipinski definition) is 0. The summed E-state index contributed by atoms with van der Waals surface area (Å²) >= 11 is 0. The second-order valence-corrected chi connectivity index (χ2v) is 8.72. The van der Waals surface area contributed by atoms with Crippen molar-refractivity contribution in [3.8, 4) is 0 Å². The fourth-order valence-electron chi connectivity index (χ4n) is 3.05. The number of ether oxygens (including phenoxy) is 1. The van der Waals surface area contributed by atoms with Crippen molar-refractivity contribution in [3.63, 3.8) is 0 Å². The number of alkyl halides is 15. The Balaban J connectivity index is 3.35. The van der Waals surface area contributed by atoms with E-state index in [1.807, 2.05) is 0 Å². The largest absolute Gasteiger partial charge is 0.460 e. The molecule has 1 rings (SSSR count). The molecular formula is C17H15F15NO3. The molecule has 4 nitrogen and oxygen atoms in total. The maximum absolute atomic E-state index is 13.8. The number of carbonyl (C=O) groups excluding carboxylic acids is 1. The maximum atomic E-state index is 13.8. The maximum Gasteiger partial charge on any atom is 0.460 e. The fraction of sp³-hybridized carbons (Fsp3) is 0.824. The van der Waals surface area contributed by atoms with Crippen LogP contribution in [0.3, 0.4) is 0 Å². The van der Waals surface area contributed by atoms with Crippen LogP contribution in [0.25, 0.3) is 0 Å². The Kier molecular flexibility index (Phi) is 7.39. The van der Waals surface area contributed by atoms with E-state index in [-0.39, 0.29) is 5.06 Å². The summed E-state index contributed by atoms with van der Waals surface area (Å²) in [7, 11) is 0. The lowest BCUT2D eigenvalue weighted by Gasteiger charge is -2.41. The van der Waals surface area contributed by atoms with Gasteiger partial charge in [-0.15, -0.1) is 10.3 Å². The van der Waals surface area contributed by atoms with Crippen LogP contribution in [0, 0.1) is 0 Å². The van der Waals surface area contributed by atoms with Crippen LogP contribution in [-0.2, 0) is 14.7 Å². The van der Waals surface area contributed by atoms with Gasteiger partial charge in [-0.25, -0.2) is 4.79 Å². The van der Waals surface area contributed by atoms with Gasteiger partial charge in [0.1, 0.15) is 0 Å². The van der Waals surface area contributed by atoms with Crippen molar-refractivity contribution >= 4 is 5.97 Å². The third-order valence-electron chi connectivity index (χ3n) is 5.19. The van der Waals surface area contributed by atoms with Gasteiger partial charge in [0.15, 0.2) is 6.61 Å². The van der Waals surface area contributed by atoms with E-state index in [4.69, 9.17) is 0 Å². The van der Waals surface area contributed by atoms with E-state index in [0.717, 1.165) is 19.9 Å². The van der Waals surface area contributed by atoms with Gasteiger partial charge in [-0.3, -0.25) is 0 Å². The molecule has 0 amide bonds. The van der Waals surface area contributed by atoms with E-state index >= 15 is 0 Å². The first-order valence-electron chi connectivity index (χ1n) is 9.09. The van der Waals surface area contributed by atoms with Crippen LogP contribution in [0.15, 0.2) is 11.6 Å². The molecular weight excluding hydrogens is 551 g/mol.